The second-order valence-electron chi connectivity index (χ2n) is 7.20. The summed E-state index contributed by atoms with van der Waals surface area (Å²) in [7, 11) is 1.59. The van der Waals surface area contributed by atoms with Gasteiger partial charge in [0.25, 0.3) is 5.91 Å². The van der Waals surface area contributed by atoms with Crippen molar-refractivity contribution in [2.75, 3.05) is 32.1 Å². The second-order valence-corrected chi connectivity index (χ2v) is 7.20. The first-order valence-electron chi connectivity index (χ1n) is 9.64. The molecular formula is C20H29N3O3. The van der Waals surface area contributed by atoms with Gasteiger partial charge in [-0.05, 0) is 55.9 Å². The first kappa shape index (κ1) is 18.7. The molecule has 1 saturated heterocycles. The van der Waals surface area contributed by atoms with Crippen molar-refractivity contribution in [3.63, 3.8) is 0 Å². The SMILES string of the molecule is COCCNC(=O)Nc1ccc(C(=O)N2CCC[C@@H]3CCCC[C@@H]32)cc1. The molecule has 6 heteroatoms. The number of anilines is 1. The fourth-order valence-corrected chi connectivity index (χ4v) is 4.18. The summed E-state index contributed by atoms with van der Waals surface area (Å²) in [5.41, 5.74) is 1.37. The van der Waals surface area contributed by atoms with E-state index in [0.717, 1.165) is 19.4 Å². The Kier molecular flexibility index (Phi) is 6.50. The number of piperidine rings is 1. The Morgan fingerprint density at radius 1 is 1.12 bits per heavy atom. The molecule has 3 amide bonds. The van der Waals surface area contributed by atoms with Crippen LogP contribution in [0.3, 0.4) is 0 Å². The molecule has 0 spiro atoms. The van der Waals surface area contributed by atoms with Crippen LogP contribution in [0.4, 0.5) is 10.5 Å². The number of carbonyl (C=O) groups excluding carboxylic acids is 2. The summed E-state index contributed by atoms with van der Waals surface area (Å²) in [6.45, 7) is 1.79. The number of fused-ring (bicyclic) bond motifs is 1. The molecule has 2 fully saturated rings. The lowest BCUT2D eigenvalue weighted by Gasteiger charge is -2.44. The number of benzene rings is 1. The molecule has 0 unspecified atom stereocenters. The highest BCUT2D eigenvalue weighted by Crippen LogP contribution is 2.35. The monoisotopic (exact) mass is 359 g/mol. The highest BCUT2D eigenvalue weighted by molar-refractivity contribution is 5.95. The predicted octanol–water partition coefficient (Wildman–Crippen LogP) is 3.25. The number of rotatable bonds is 5. The number of likely N-dealkylation sites (tertiary alicyclic amines) is 1. The molecule has 1 saturated carbocycles. The van der Waals surface area contributed by atoms with Crippen molar-refractivity contribution in [3.8, 4) is 0 Å². The zero-order valence-electron chi connectivity index (χ0n) is 15.5. The third-order valence-corrected chi connectivity index (χ3v) is 5.49. The minimum Gasteiger partial charge on any atom is -0.383 e. The summed E-state index contributed by atoms with van der Waals surface area (Å²) < 4.78 is 4.90. The number of urea groups is 1. The Bertz CT molecular complexity index is 615. The minimum absolute atomic E-state index is 0.123. The molecular weight excluding hydrogens is 330 g/mol. The summed E-state index contributed by atoms with van der Waals surface area (Å²) in [6.07, 6.45) is 7.29. The van der Waals surface area contributed by atoms with Gasteiger partial charge in [-0.25, -0.2) is 4.79 Å². The van der Waals surface area contributed by atoms with Crippen LogP contribution in [0.5, 0.6) is 0 Å². The number of amides is 3. The molecule has 6 nitrogen and oxygen atoms in total. The van der Waals surface area contributed by atoms with Gasteiger partial charge >= 0.3 is 6.03 Å². The third kappa shape index (κ3) is 4.55. The molecule has 0 radical (unpaired) electrons. The maximum Gasteiger partial charge on any atom is 0.319 e. The zero-order valence-corrected chi connectivity index (χ0v) is 15.5. The van der Waals surface area contributed by atoms with Crippen molar-refractivity contribution in [2.24, 2.45) is 5.92 Å². The maximum atomic E-state index is 13.0. The molecule has 26 heavy (non-hydrogen) atoms. The first-order chi connectivity index (χ1) is 12.7. The molecule has 1 aliphatic carbocycles. The standard InChI is InChI=1S/C20H29N3O3/c1-26-14-12-21-20(25)22-17-10-8-16(9-11-17)19(24)23-13-4-6-15-5-2-3-7-18(15)23/h8-11,15,18H,2-7,12-14H2,1H3,(H2,21,22,25)/t15-,18-/m0/s1. The number of nitrogens with one attached hydrogen (secondary N) is 2. The van der Waals surface area contributed by atoms with E-state index >= 15 is 0 Å². The molecule has 1 aliphatic heterocycles. The van der Waals surface area contributed by atoms with Crippen molar-refractivity contribution in [2.45, 2.75) is 44.6 Å². The molecule has 1 aromatic rings. The average Bonchev–Trinajstić information content (AvgIpc) is 2.68. The van der Waals surface area contributed by atoms with Crippen molar-refractivity contribution < 1.29 is 14.3 Å². The average molecular weight is 359 g/mol. The van der Waals surface area contributed by atoms with Gasteiger partial charge in [0.1, 0.15) is 0 Å². The quantitative estimate of drug-likeness (QED) is 0.793. The predicted molar refractivity (Wildman–Crippen MR) is 101 cm³/mol. The van der Waals surface area contributed by atoms with Crippen LogP contribution in [0.25, 0.3) is 0 Å². The molecule has 2 aliphatic rings. The van der Waals surface area contributed by atoms with Gasteiger partial charge in [0.05, 0.1) is 6.61 Å². The summed E-state index contributed by atoms with van der Waals surface area (Å²) in [6, 6.07) is 7.31. The van der Waals surface area contributed by atoms with Gasteiger partial charge in [0.2, 0.25) is 0 Å². The van der Waals surface area contributed by atoms with Crippen LogP contribution in [0.2, 0.25) is 0 Å². The van der Waals surface area contributed by atoms with E-state index in [9.17, 15) is 9.59 Å². The highest BCUT2D eigenvalue weighted by atomic mass is 16.5. The molecule has 0 aromatic heterocycles. The lowest BCUT2D eigenvalue weighted by atomic mass is 9.78. The lowest BCUT2D eigenvalue weighted by Crippen LogP contribution is -2.49. The normalized spacial score (nSPS) is 22.4. The molecule has 1 aromatic carbocycles. The third-order valence-electron chi connectivity index (χ3n) is 5.49. The Morgan fingerprint density at radius 3 is 2.62 bits per heavy atom. The van der Waals surface area contributed by atoms with Crippen molar-refractivity contribution >= 4 is 17.6 Å². The van der Waals surface area contributed by atoms with Gasteiger partial charge < -0.3 is 20.3 Å². The summed E-state index contributed by atoms with van der Waals surface area (Å²) >= 11 is 0. The van der Waals surface area contributed by atoms with E-state index in [1.807, 2.05) is 0 Å². The van der Waals surface area contributed by atoms with Gasteiger partial charge in [-0.1, -0.05) is 12.8 Å². The molecule has 2 N–H and O–H groups in total. The van der Waals surface area contributed by atoms with Gasteiger partial charge in [-0.3, -0.25) is 4.79 Å². The second kappa shape index (κ2) is 9.03. The van der Waals surface area contributed by atoms with Crippen LogP contribution in [0, 0.1) is 5.92 Å². The van der Waals surface area contributed by atoms with Crippen LogP contribution in [0.15, 0.2) is 24.3 Å². The number of hydrogen-bond acceptors (Lipinski definition) is 3. The van der Waals surface area contributed by atoms with Gasteiger partial charge in [-0.15, -0.1) is 0 Å². The summed E-state index contributed by atoms with van der Waals surface area (Å²) in [5, 5.41) is 5.46. The van der Waals surface area contributed by atoms with Crippen molar-refractivity contribution in [3.05, 3.63) is 29.8 Å². The van der Waals surface area contributed by atoms with E-state index in [0.29, 0.717) is 36.4 Å². The van der Waals surface area contributed by atoms with Crippen molar-refractivity contribution in [1.82, 2.24) is 10.2 Å². The van der Waals surface area contributed by atoms with Crippen LogP contribution in [-0.2, 0) is 4.74 Å². The Hall–Kier alpha value is -2.08. The van der Waals surface area contributed by atoms with E-state index in [2.05, 4.69) is 15.5 Å². The summed E-state index contributed by atoms with van der Waals surface area (Å²) in [5.74, 6) is 0.802. The zero-order chi connectivity index (χ0) is 18.4. The van der Waals surface area contributed by atoms with E-state index in [1.54, 1.807) is 31.4 Å². The molecule has 2 atom stereocenters. The van der Waals surface area contributed by atoms with Crippen LogP contribution < -0.4 is 10.6 Å². The van der Waals surface area contributed by atoms with E-state index in [4.69, 9.17) is 4.74 Å². The Labute approximate surface area is 155 Å². The molecule has 0 bridgehead atoms. The molecule has 142 valence electrons. The molecule has 1 heterocycles. The van der Waals surface area contributed by atoms with Crippen LogP contribution in [-0.4, -0.2) is 49.7 Å². The maximum absolute atomic E-state index is 13.0. The van der Waals surface area contributed by atoms with Gasteiger partial charge in [-0.2, -0.15) is 0 Å². The van der Waals surface area contributed by atoms with Crippen LogP contribution >= 0.6 is 0 Å². The minimum atomic E-state index is -0.276. The fraction of sp³-hybridized carbons (Fsp3) is 0.600. The largest absolute Gasteiger partial charge is 0.383 e. The smallest absolute Gasteiger partial charge is 0.319 e. The number of ether oxygens (including phenoxy) is 1. The van der Waals surface area contributed by atoms with E-state index in [-0.39, 0.29) is 11.9 Å². The number of carbonyl (C=O) groups is 2. The number of nitrogens with zero attached hydrogens (tertiary/aromatic N) is 1. The summed E-state index contributed by atoms with van der Waals surface area (Å²) in [4.78, 5) is 26.8. The first-order valence-corrected chi connectivity index (χ1v) is 9.64. The van der Waals surface area contributed by atoms with Crippen LogP contribution in [0.1, 0.15) is 48.9 Å². The Balaban J connectivity index is 1.59. The lowest BCUT2D eigenvalue weighted by molar-refractivity contribution is 0.0390. The molecule has 3 rings (SSSR count). The van der Waals surface area contributed by atoms with Gasteiger partial charge in [0.15, 0.2) is 0 Å². The fourth-order valence-electron chi connectivity index (χ4n) is 4.18. The van der Waals surface area contributed by atoms with E-state index < -0.39 is 0 Å². The highest BCUT2D eigenvalue weighted by Gasteiger charge is 2.35. The van der Waals surface area contributed by atoms with E-state index in [1.165, 1.54) is 25.7 Å². The number of methoxy groups -OCH3 is 1. The Morgan fingerprint density at radius 2 is 1.85 bits per heavy atom. The van der Waals surface area contributed by atoms with Crippen molar-refractivity contribution in [1.29, 1.82) is 0 Å². The topological polar surface area (TPSA) is 70.7 Å². The van der Waals surface area contributed by atoms with Gasteiger partial charge in [0, 0.05) is 37.5 Å². The number of hydrogen-bond donors (Lipinski definition) is 2.